The predicted octanol–water partition coefficient (Wildman–Crippen LogP) is -0.000100. The van der Waals surface area contributed by atoms with Gasteiger partial charge in [0.25, 0.3) is 0 Å². The monoisotopic (exact) mass is 285 g/mol. The summed E-state index contributed by atoms with van der Waals surface area (Å²) < 4.78 is 0. The average molecular weight is 285 g/mol. The topological polar surface area (TPSA) is 89.8 Å². The molecule has 4 N–H and O–H groups in total. The number of thiophene rings is 1. The molecule has 5 nitrogen and oxygen atoms in total. The third-order valence-electron chi connectivity index (χ3n) is 3.66. The predicted molar refractivity (Wildman–Crippen MR) is 72.1 cm³/mol. The first-order chi connectivity index (χ1) is 9.15. The lowest BCUT2D eigenvalue weighted by Crippen LogP contribution is -2.58. The van der Waals surface area contributed by atoms with Crippen molar-refractivity contribution in [3.63, 3.8) is 0 Å². The zero-order valence-corrected chi connectivity index (χ0v) is 11.4. The van der Waals surface area contributed by atoms with Crippen LogP contribution in [0.25, 0.3) is 0 Å². The largest absolute Gasteiger partial charge is 0.394 e. The molecule has 0 saturated carbocycles. The summed E-state index contributed by atoms with van der Waals surface area (Å²) in [7, 11) is 0. The van der Waals surface area contributed by atoms with Gasteiger partial charge in [0, 0.05) is 4.88 Å². The lowest BCUT2D eigenvalue weighted by Gasteiger charge is -2.31. The highest BCUT2D eigenvalue weighted by Crippen LogP contribution is 2.35. The molecular formula is C13H19NO4S. The molecule has 1 aromatic rings. The Morgan fingerprint density at radius 1 is 1.37 bits per heavy atom. The molecule has 1 unspecified atom stereocenters. The number of hydrogen-bond donors (Lipinski definition) is 4. The Balaban J connectivity index is 2.14. The van der Waals surface area contributed by atoms with Crippen LogP contribution in [0, 0.1) is 0 Å². The number of nitrogens with one attached hydrogen (secondary N) is 1. The fourth-order valence-electron chi connectivity index (χ4n) is 2.38. The Hall–Kier alpha value is -0.950. The minimum absolute atomic E-state index is 0.239. The Morgan fingerprint density at radius 3 is 2.68 bits per heavy atom. The van der Waals surface area contributed by atoms with Crippen molar-refractivity contribution in [1.29, 1.82) is 0 Å². The zero-order chi connectivity index (χ0) is 13.9. The van der Waals surface area contributed by atoms with E-state index in [2.05, 4.69) is 5.32 Å². The van der Waals surface area contributed by atoms with Gasteiger partial charge in [-0.15, -0.1) is 11.3 Å². The number of hydrogen-bond acceptors (Lipinski definition) is 5. The fourth-order valence-corrected chi connectivity index (χ4v) is 3.36. The molecule has 1 heterocycles. The van der Waals surface area contributed by atoms with Crippen molar-refractivity contribution >= 4 is 17.2 Å². The van der Waals surface area contributed by atoms with Crippen molar-refractivity contribution in [3.05, 3.63) is 21.9 Å². The van der Waals surface area contributed by atoms with Crippen LogP contribution in [0.15, 0.2) is 11.4 Å². The van der Waals surface area contributed by atoms with Crippen LogP contribution in [-0.2, 0) is 11.2 Å². The summed E-state index contributed by atoms with van der Waals surface area (Å²) in [6.07, 6.45) is 2.71. The molecule has 0 bridgehead atoms. The molecule has 0 fully saturated rings. The van der Waals surface area contributed by atoms with Crippen LogP contribution in [0.1, 0.15) is 29.2 Å². The number of carbonyl (C=O) groups excluding carboxylic acids is 1. The first-order valence-electron chi connectivity index (χ1n) is 6.36. The maximum Gasteiger partial charge on any atom is 0.228 e. The molecule has 1 aromatic heterocycles. The van der Waals surface area contributed by atoms with Gasteiger partial charge in [-0.25, -0.2) is 0 Å². The molecule has 0 aromatic carbocycles. The van der Waals surface area contributed by atoms with E-state index in [1.165, 1.54) is 4.88 Å². The minimum Gasteiger partial charge on any atom is -0.394 e. The van der Waals surface area contributed by atoms with Gasteiger partial charge in [-0.1, -0.05) is 0 Å². The van der Waals surface area contributed by atoms with Crippen LogP contribution in [0.2, 0.25) is 0 Å². The van der Waals surface area contributed by atoms with Crippen molar-refractivity contribution in [2.45, 2.75) is 30.7 Å². The van der Waals surface area contributed by atoms with Gasteiger partial charge in [0.2, 0.25) is 5.91 Å². The molecule has 0 radical (unpaired) electrons. The number of rotatable bonds is 5. The molecule has 2 rings (SSSR count). The molecule has 0 spiro atoms. The number of aryl methyl sites for hydroxylation is 1. The Morgan fingerprint density at radius 2 is 2.05 bits per heavy atom. The molecule has 1 aliphatic rings. The van der Waals surface area contributed by atoms with Gasteiger partial charge in [-0.3, -0.25) is 4.79 Å². The van der Waals surface area contributed by atoms with E-state index in [1.807, 2.05) is 11.4 Å². The average Bonchev–Trinajstić information content (AvgIpc) is 2.93. The van der Waals surface area contributed by atoms with E-state index < -0.39 is 25.4 Å². The van der Waals surface area contributed by atoms with Gasteiger partial charge in [-0.2, -0.15) is 0 Å². The lowest BCUT2D eigenvalue weighted by atomic mass is 9.86. The summed E-state index contributed by atoms with van der Waals surface area (Å²) in [6, 6.07) is 1.96. The molecule has 0 aliphatic heterocycles. The molecule has 19 heavy (non-hydrogen) atoms. The van der Waals surface area contributed by atoms with E-state index in [-0.39, 0.29) is 11.8 Å². The van der Waals surface area contributed by atoms with Crippen LogP contribution < -0.4 is 5.32 Å². The van der Waals surface area contributed by atoms with Gasteiger partial charge in [0.1, 0.15) is 5.54 Å². The SMILES string of the molecule is O=C(NC(CO)(CO)CO)C1CCCc2sccc21. The van der Waals surface area contributed by atoms with Gasteiger partial charge >= 0.3 is 0 Å². The second kappa shape index (κ2) is 6.00. The normalized spacial score (nSPS) is 19.0. The van der Waals surface area contributed by atoms with Crippen LogP contribution in [0.3, 0.4) is 0 Å². The first-order valence-corrected chi connectivity index (χ1v) is 7.24. The highest BCUT2D eigenvalue weighted by atomic mass is 32.1. The fraction of sp³-hybridized carbons (Fsp3) is 0.615. The summed E-state index contributed by atoms with van der Waals surface area (Å²) in [5, 5.41) is 32.3. The van der Waals surface area contributed by atoms with Crippen molar-refractivity contribution < 1.29 is 20.1 Å². The third kappa shape index (κ3) is 2.81. The molecule has 106 valence electrons. The van der Waals surface area contributed by atoms with E-state index in [4.69, 9.17) is 0 Å². The minimum atomic E-state index is -1.34. The maximum absolute atomic E-state index is 12.3. The van der Waals surface area contributed by atoms with Crippen LogP contribution in [-0.4, -0.2) is 46.6 Å². The number of aliphatic hydroxyl groups excluding tert-OH is 3. The van der Waals surface area contributed by atoms with E-state index in [9.17, 15) is 20.1 Å². The smallest absolute Gasteiger partial charge is 0.228 e. The zero-order valence-electron chi connectivity index (χ0n) is 10.6. The Bertz CT molecular complexity index is 433. The molecule has 1 aliphatic carbocycles. The Kier molecular flexibility index (Phi) is 4.57. The summed E-state index contributed by atoms with van der Waals surface area (Å²) in [4.78, 5) is 13.5. The molecule has 6 heteroatoms. The van der Waals surface area contributed by atoms with Crippen molar-refractivity contribution in [2.75, 3.05) is 19.8 Å². The Labute approximate surface area is 115 Å². The number of aliphatic hydroxyl groups is 3. The van der Waals surface area contributed by atoms with Crippen molar-refractivity contribution in [3.8, 4) is 0 Å². The lowest BCUT2D eigenvalue weighted by molar-refractivity contribution is -0.127. The van der Waals surface area contributed by atoms with E-state index in [1.54, 1.807) is 11.3 Å². The summed E-state index contributed by atoms with van der Waals surface area (Å²) in [5.74, 6) is -0.490. The molecular weight excluding hydrogens is 266 g/mol. The van der Waals surface area contributed by atoms with Crippen LogP contribution in [0.5, 0.6) is 0 Å². The first kappa shape index (κ1) is 14.5. The highest BCUT2D eigenvalue weighted by Gasteiger charge is 2.34. The van der Waals surface area contributed by atoms with Gasteiger partial charge in [0.15, 0.2) is 0 Å². The van der Waals surface area contributed by atoms with E-state index >= 15 is 0 Å². The second-order valence-electron chi connectivity index (χ2n) is 4.99. The highest BCUT2D eigenvalue weighted by molar-refractivity contribution is 7.10. The molecule has 0 saturated heterocycles. The summed E-state index contributed by atoms with van der Waals surface area (Å²) in [6.45, 7) is -1.47. The third-order valence-corrected chi connectivity index (χ3v) is 4.66. The van der Waals surface area contributed by atoms with Crippen LogP contribution >= 0.6 is 11.3 Å². The quantitative estimate of drug-likeness (QED) is 0.613. The number of amides is 1. The molecule has 1 atom stereocenters. The van der Waals surface area contributed by atoms with Gasteiger partial charge < -0.3 is 20.6 Å². The van der Waals surface area contributed by atoms with Gasteiger partial charge in [-0.05, 0) is 36.3 Å². The van der Waals surface area contributed by atoms with E-state index in [0.29, 0.717) is 0 Å². The summed E-state index contributed by atoms with van der Waals surface area (Å²) >= 11 is 1.65. The second-order valence-corrected chi connectivity index (χ2v) is 5.99. The van der Waals surface area contributed by atoms with Crippen molar-refractivity contribution in [1.82, 2.24) is 5.32 Å². The number of fused-ring (bicyclic) bond motifs is 1. The molecule has 1 amide bonds. The van der Waals surface area contributed by atoms with E-state index in [0.717, 1.165) is 24.8 Å². The van der Waals surface area contributed by atoms with Gasteiger partial charge in [0.05, 0.1) is 25.7 Å². The number of carbonyl (C=O) groups is 1. The summed E-state index contributed by atoms with van der Waals surface area (Å²) in [5.41, 5.74) is -0.304. The van der Waals surface area contributed by atoms with Crippen LogP contribution in [0.4, 0.5) is 0 Å². The van der Waals surface area contributed by atoms with Crippen molar-refractivity contribution in [2.24, 2.45) is 0 Å². The maximum atomic E-state index is 12.3. The standard InChI is InChI=1S/C13H19NO4S/c15-6-13(7-16,8-17)14-12(18)10-2-1-3-11-9(10)4-5-19-11/h4-5,10,15-17H,1-3,6-8H2,(H,14,18).